The summed E-state index contributed by atoms with van der Waals surface area (Å²) in [6.45, 7) is 10.2. The zero-order valence-electron chi connectivity index (χ0n) is 26.8. The number of piperidine rings is 1. The van der Waals surface area contributed by atoms with Crippen LogP contribution in [0.5, 0.6) is 5.88 Å². The predicted molar refractivity (Wildman–Crippen MR) is 174 cm³/mol. The number of aromatic nitrogens is 2. The van der Waals surface area contributed by atoms with E-state index >= 15 is 0 Å². The number of carbonyl (C=O) groups excluding carboxylic acids is 1. The van der Waals surface area contributed by atoms with Crippen molar-refractivity contribution in [2.24, 2.45) is 5.92 Å². The van der Waals surface area contributed by atoms with Crippen molar-refractivity contribution in [3.8, 4) is 17.0 Å². The lowest BCUT2D eigenvalue weighted by Gasteiger charge is -2.39. The van der Waals surface area contributed by atoms with Crippen LogP contribution in [-0.2, 0) is 6.18 Å². The van der Waals surface area contributed by atoms with Crippen molar-refractivity contribution in [3.63, 3.8) is 0 Å². The van der Waals surface area contributed by atoms with E-state index in [4.69, 9.17) is 4.74 Å². The summed E-state index contributed by atoms with van der Waals surface area (Å²) >= 11 is 0. The summed E-state index contributed by atoms with van der Waals surface area (Å²) in [5, 5.41) is 3.12. The number of benzene rings is 2. The zero-order valence-corrected chi connectivity index (χ0v) is 26.8. The number of halogens is 3. The van der Waals surface area contributed by atoms with Gasteiger partial charge < -0.3 is 15.0 Å². The van der Waals surface area contributed by atoms with Crippen molar-refractivity contribution in [2.45, 2.75) is 65.3 Å². The minimum absolute atomic E-state index is 0.0662. The van der Waals surface area contributed by atoms with E-state index in [9.17, 15) is 18.0 Å². The third-order valence-corrected chi connectivity index (χ3v) is 8.92. The van der Waals surface area contributed by atoms with Gasteiger partial charge in [-0.25, -0.2) is 4.98 Å². The highest BCUT2D eigenvalue weighted by Crippen LogP contribution is 2.37. The fourth-order valence-corrected chi connectivity index (χ4v) is 6.37. The van der Waals surface area contributed by atoms with Gasteiger partial charge in [0, 0.05) is 48.2 Å². The Morgan fingerprint density at radius 1 is 0.957 bits per heavy atom. The molecule has 5 rings (SSSR count). The lowest BCUT2D eigenvalue weighted by Crippen LogP contribution is -2.43. The Morgan fingerprint density at radius 2 is 1.61 bits per heavy atom. The number of carbonyl (C=O) groups is 1. The molecule has 1 fully saturated rings. The highest BCUT2D eigenvalue weighted by atomic mass is 19.4. The summed E-state index contributed by atoms with van der Waals surface area (Å²) in [5.41, 5.74) is 5.56. The van der Waals surface area contributed by atoms with Gasteiger partial charge in [-0.15, -0.1) is 0 Å². The summed E-state index contributed by atoms with van der Waals surface area (Å²) in [6, 6.07) is 19.1. The van der Waals surface area contributed by atoms with Crippen LogP contribution >= 0.6 is 0 Å². The van der Waals surface area contributed by atoms with E-state index in [1.807, 2.05) is 57.2 Å². The number of aryl methyl sites for hydroxylation is 3. The van der Waals surface area contributed by atoms with Crippen LogP contribution in [0.4, 0.5) is 13.2 Å². The molecule has 1 aliphatic rings. The number of likely N-dealkylation sites (tertiary alicyclic amines) is 1. The number of hydrogen-bond donors (Lipinski definition) is 1. The van der Waals surface area contributed by atoms with Crippen molar-refractivity contribution in [2.75, 3.05) is 19.6 Å². The summed E-state index contributed by atoms with van der Waals surface area (Å²) in [4.78, 5) is 24.2. The van der Waals surface area contributed by atoms with Gasteiger partial charge in [0.25, 0.3) is 5.91 Å². The molecule has 0 bridgehead atoms. The van der Waals surface area contributed by atoms with Gasteiger partial charge in [-0.3, -0.25) is 9.78 Å². The van der Waals surface area contributed by atoms with Crippen LogP contribution < -0.4 is 10.1 Å². The first-order valence-electron chi connectivity index (χ1n) is 15.8. The number of pyridine rings is 2. The van der Waals surface area contributed by atoms with Gasteiger partial charge in [0.05, 0.1) is 5.56 Å². The summed E-state index contributed by atoms with van der Waals surface area (Å²) in [6.07, 6.45) is 1.18. The lowest BCUT2D eigenvalue weighted by molar-refractivity contribution is -0.137. The number of rotatable bonds is 10. The Kier molecular flexibility index (Phi) is 10.4. The number of nitrogens with one attached hydrogen (secondary N) is 1. The first-order valence-corrected chi connectivity index (χ1v) is 15.8. The topological polar surface area (TPSA) is 67.3 Å². The van der Waals surface area contributed by atoms with Crippen molar-refractivity contribution in [1.82, 2.24) is 20.2 Å². The van der Waals surface area contributed by atoms with E-state index in [1.165, 1.54) is 12.1 Å². The molecule has 0 spiro atoms. The molecule has 0 radical (unpaired) electrons. The van der Waals surface area contributed by atoms with Crippen LogP contribution in [0.1, 0.15) is 70.6 Å². The first kappa shape index (κ1) is 33.1. The molecule has 1 N–H and O–H groups in total. The average molecular weight is 631 g/mol. The zero-order chi connectivity index (χ0) is 32.8. The quantitative estimate of drug-likeness (QED) is 0.192. The molecule has 2 atom stereocenters. The molecule has 46 heavy (non-hydrogen) atoms. The summed E-state index contributed by atoms with van der Waals surface area (Å²) in [5.74, 6) is 0.515. The molecule has 9 heteroatoms. The minimum Gasteiger partial charge on any atom is -0.469 e. The number of alkyl halides is 3. The van der Waals surface area contributed by atoms with Gasteiger partial charge in [-0.1, -0.05) is 30.3 Å². The smallest absolute Gasteiger partial charge is 0.416 e. The molecule has 6 nitrogen and oxygen atoms in total. The molecule has 1 saturated heterocycles. The maximum absolute atomic E-state index is 13.2. The SMILES string of the molecule is Cc1cccc(OC(c2ccc(C(F)(F)F)cc2)C2CCN(C(C)CCNC(=O)c3c(C)cc(-c4ccncc4)cc3C)CC2)n1. The van der Waals surface area contributed by atoms with Gasteiger partial charge >= 0.3 is 6.18 Å². The second-order valence-corrected chi connectivity index (χ2v) is 12.3. The minimum atomic E-state index is -4.39. The molecule has 1 aliphatic heterocycles. The Labute approximate surface area is 269 Å². The second kappa shape index (κ2) is 14.5. The lowest BCUT2D eigenvalue weighted by atomic mass is 9.86. The van der Waals surface area contributed by atoms with Crippen LogP contribution in [0.15, 0.2) is 79.1 Å². The molecule has 2 aromatic carbocycles. The molecule has 4 aromatic rings. The van der Waals surface area contributed by atoms with Gasteiger partial charge in [0.15, 0.2) is 0 Å². The molecule has 2 aromatic heterocycles. The van der Waals surface area contributed by atoms with Crippen LogP contribution in [0, 0.1) is 26.7 Å². The highest BCUT2D eigenvalue weighted by molar-refractivity contribution is 5.97. The van der Waals surface area contributed by atoms with Crippen molar-refractivity contribution < 1.29 is 22.7 Å². The molecule has 0 aliphatic carbocycles. The molecule has 2 unspecified atom stereocenters. The molecular formula is C37H41F3N4O2. The van der Waals surface area contributed by atoms with Crippen LogP contribution in [0.2, 0.25) is 0 Å². The first-order chi connectivity index (χ1) is 22.0. The number of nitrogens with zero attached hydrogens (tertiary/aromatic N) is 3. The third-order valence-electron chi connectivity index (χ3n) is 8.92. The Morgan fingerprint density at radius 3 is 2.22 bits per heavy atom. The maximum atomic E-state index is 13.2. The summed E-state index contributed by atoms with van der Waals surface area (Å²) < 4.78 is 46.1. The van der Waals surface area contributed by atoms with E-state index in [-0.39, 0.29) is 17.9 Å². The Bertz CT molecular complexity index is 1600. The third kappa shape index (κ3) is 8.12. The molecule has 242 valence electrons. The summed E-state index contributed by atoms with van der Waals surface area (Å²) in [7, 11) is 0. The Hall–Kier alpha value is -4.24. The second-order valence-electron chi connectivity index (χ2n) is 12.3. The van der Waals surface area contributed by atoms with E-state index in [2.05, 4.69) is 27.1 Å². The van der Waals surface area contributed by atoms with Crippen LogP contribution in [0.25, 0.3) is 11.1 Å². The van der Waals surface area contributed by atoms with Gasteiger partial charge in [-0.2, -0.15) is 13.2 Å². The van der Waals surface area contributed by atoms with E-state index in [1.54, 1.807) is 18.5 Å². The fraction of sp³-hybridized carbons (Fsp3) is 0.378. The molecule has 1 amide bonds. The van der Waals surface area contributed by atoms with Crippen molar-refractivity contribution >= 4 is 5.91 Å². The van der Waals surface area contributed by atoms with Gasteiger partial charge in [-0.05, 0) is 118 Å². The normalized spacial score (nSPS) is 15.7. The van der Waals surface area contributed by atoms with Crippen molar-refractivity contribution in [1.29, 1.82) is 0 Å². The van der Waals surface area contributed by atoms with Crippen LogP contribution in [0.3, 0.4) is 0 Å². The largest absolute Gasteiger partial charge is 0.469 e. The average Bonchev–Trinajstić information content (AvgIpc) is 3.03. The Balaban J connectivity index is 1.17. The number of ether oxygens (including phenoxy) is 1. The van der Waals surface area contributed by atoms with Gasteiger partial charge in [0.2, 0.25) is 5.88 Å². The van der Waals surface area contributed by atoms with E-state index in [0.29, 0.717) is 23.6 Å². The maximum Gasteiger partial charge on any atom is 0.416 e. The predicted octanol–water partition coefficient (Wildman–Crippen LogP) is 8.13. The fourth-order valence-electron chi connectivity index (χ4n) is 6.37. The van der Waals surface area contributed by atoms with E-state index < -0.39 is 17.8 Å². The molecule has 0 saturated carbocycles. The standard InChI is InChI=1S/C37H41F3N4O2/c1-24-22-31(28-13-17-41-18-14-28)23-25(2)34(24)36(45)42-19-12-27(4)44-20-15-30(16-21-44)35(46-33-7-5-6-26(3)43-33)29-8-10-32(11-9-29)37(38,39)40/h5-11,13-14,17-18,22-23,27,30,35H,12,15-16,19-21H2,1-4H3,(H,42,45). The monoisotopic (exact) mass is 630 g/mol. The molecule has 3 heterocycles. The van der Waals surface area contributed by atoms with Gasteiger partial charge in [0.1, 0.15) is 6.10 Å². The highest BCUT2D eigenvalue weighted by Gasteiger charge is 2.33. The van der Waals surface area contributed by atoms with E-state index in [0.717, 1.165) is 72.4 Å². The van der Waals surface area contributed by atoms with Crippen molar-refractivity contribution in [3.05, 3.63) is 113 Å². The molecular weight excluding hydrogens is 589 g/mol. The van der Waals surface area contributed by atoms with Crippen LogP contribution in [-0.4, -0.2) is 46.5 Å². The number of amides is 1. The number of hydrogen-bond acceptors (Lipinski definition) is 5.